The third-order valence-corrected chi connectivity index (χ3v) is 5.88. The zero-order valence-electron chi connectivity index (χ0n) is 14.6. The standard InChI is InChI=1S/C20H22FN3OS/c21-17-5-2-1-4-16(17)11-20(14-25)8-3-9-24(13-20)12-15-6-7-18-19(10-15)23-26-22-18/h1-2,4-7,10,25H,3,8-9,11-14H2. The van der Waals surface area contributed by atoms with Gasteiger partial charge in [0.05, 0.1) is 18.3 Å². The van der Waals surface area contributed by atoms with Gasteiger partial charge in [-0.05, 0) is 55.1 Å². The van der Waals surface area contributed by atoms with E-state index in [2.05, 4.69) is 25.8 Å². The van der Waals surface area contributed by atoms with Gasteiger partial charge in [-0.1, -0.05) is 24.3 Å². The van der Waals surface area contributed by atoms with Gasteiger partial charge in [-0.3, -0.25) is 4.90 Å². The molecule has 4 rings (SSSR count). The first-order valence-corrected chi connectivity index (χ1v) is 9.68. The van der Waals surface area contributed by atoms with Crippen molar-refractivity contribution in [1.29, 1.82) is 0 Å². The van der Waals surface area contributed by atoms with Crippen molar-refractivity contribution in [3.8, 4) is 0 Å². The van der Waals surface area contributed by atoms with E-state index in [4.69, 9.17) is 0 Å². The van der Waals surface area contributed by atoms with Crippen molar-refractivity contribution < 1.29 is 9.50 Å². The average molecular weight is 371 g/mol. The van der Waals surface area contributed by atoms with Crippen LogP contribution in [-0.2, 0) is 13.0 Å². The van der Waals surface area contributed by atoms with Crippen molar-refractivity contribution in [2.75, 3.05) is 19.7 Å². The fourth-order valence-electron chi connectivity index (χ4n) is 4.00. The molecule has 0 spiro atoms. The highest BCUT2D eigenvalue weighted by atomic mass is 32.1. The average Bonchev–Trinajstić information content (AvgIpc) is 3.12. The summed E-state index contributed by atoms with van der Waals surface area (Å²) in [6.07, 6.45) is 2.50. The molecule has 1 aromatic heterocycles. The van der Waals surface area contributed by atoms with E-state index in [1.54, 1.807) is 6.07 Å². The number of rotatable bonds is 5. The lowest BCUT2D eigenvalue weighted by molar-refractivity contribution is 0.0283. The van der Waals surface area contributed by atoms with Gasteiger partial charge in [-0.15, -0.1) is 0 Å². The SMILES string of the molecule is OCC1(Cc2ccccc2F)CCCN(Cc2ccc3nsnc3c2)C1. The first-order chi connectivity index (χ1) is 12.7. The van der Waals surface area contributed by atoms with Gasteiger partial charge in [-0.2, -0.15) is 8.75 Å². The zero-order chi connectivity index (χ0) is 18.0. The summed E-state index contributed by atoms with van der Waals surface area (Å²) < 4.78 is 22.7. The summed E-state index contributed by atoms with van der Waals surface area (Å²) in [5, 5.41) is 10.1. The van der Waals surface area contributed by atoms with E-state index >= 15 is 0 Å². The van der Waals surface area contributed by atoms with Crippen LogP contribution in [0.3, 0.4) is 0 Å². The monoisotopic (exact) mass is 371 g/mol. The molecule has 1 saturated heterocycles. The number of benzene rings is 2. The third-order valence-electron chi connectivity index (χ3n) is 5.32. The predicted octanol–water partition coefficient (Wildman–Crippen LogP) is 3.65. The van der Waals surface area contributed by atoms with Gasteiger partial charge in [0.25, 0.3) is 0 Å². The van der Waals surface area contributed by atoms with E-state index in [1.807, 2.05) is 18.2 Å². The smallest absolute Gasteiger partial charge is 0.126 e. The Kier molecular flexibility index (Phi) is 4.98. The van der Waals surface area contributed by atoms with Crippen molar-refractivity contribution in [1.82, 2.24) is 13.6 Å². The maximum absolute atomic E-state index is 14.1. The highest BCUT2D eigenvalue weighted by Gasteiger charge is 2.35. The van der Waals surface area contributed by atoms with E-state index in [0.717, 1.165) is 43.5 Å². The highest BCUT2D eigenvalue weighted by Crippen LogP contribution is 2.34. The van der Waals surface area contributed by atoms with Gasteiger partial charge in [0.1, 0.15) is 16.9 Å². The fourth-order valence-corrected chi connectivity index (χ4v) is 4.52. The predicted molar refractivity (Wildman–Crippen MR) is 102 cm³/mol. The molecule has 2 heterocycles. The molecular formula is C20H22FN3OS. The Bertz CT molecular complexity index is 899. The molecule has 1 atom stereocenters. The molecule has 0 saturated carbocycles. The normalized spacial score (nSPS) is 21.3. The van der Waals surface area contributed by atoms with Crippen LogP contribution in [0.25, 0.3) is 11.0 Å². The second-order valence-corrected chi connectivity index (χ2v) is 7.86. The molecule has 1 unspecified atom stereocenters. The maximum atomic E-state index is 14.1. The highest BCUT2D eigenvalue weighted by molar-refractivity contribution is 7.00. The maximum Gasteiger partial charge on any atom is 0.126 e. The largest absolute Gasteiger partial charge is 0.396 e. The van der Waals surface area contributed by atoms with E-state index in [1.165, 1.54) is 23.4 Å². The van der Waals surface area contributed by atoms with Crippen LogP contribution in [0.1, 0.15) is 24.0 Å². The number of piperidine rings is 1. The Labute approximate surface area is 156 Å². The molecule has 3 aromatic rings. The van der Waals surface area contributed by atoms with Crippen LogP contribution in [0, 0.1) is 11.2 Å². The number of aromatic nitrogens is 2. The van der Waals surface area contributed by atoms with Crippen LogP contribution in [0.15, 0.2) is 42.5 Å². The second-order valence-electron chi connectivity index (χ2n) is 7.33. The molecule has 1 N–H and O–H groups in total. The van der Waals surface area contributed by atoms with Gasteiger partial charge in [0.15, 0.2) is 0 Å². The quantitative estimate of drug-likeness (QED) is 0.744. The van der Waals surface area contributed by atoms with Gasteiger partial charge >= 0.3 is 0 Å². The van der Waals surface area contributed by atoms with Crippen molar-refractivity contribution in [2.24, 2.45) is 5.41 Å². The van der Waals surface area contributed by atoms with E-state index in [-0.39, 0.29) is 17.8 Å². The Morgan fingerprint density at radius 2 is 2.00 bits per heavy atom. The molecule has 0 aliphatic carbocycles. The number of fused-ring (bicyclic) bond motifs is 1. The molecule has 0 amide bonds. The number of hydrogen-bond acceptors (Lipinski definition) is 5. The molecule has 4 nitrogen and oxygen atoms in total. The van der Waals surface area contributed by atoms with E-state index < -0.39 is 0 Å². The van der Waals surface area contributed by atoms with Crippen molar-refractivity contribution in [3.05, 3.63) is 59.4 Å². The lowest BCUT2D eigenvalue weighted by Crippen LogP contribution is -2.46. The lowest BCUT2D eigenvalue weighted by atomic mass is 9.75. The minimum atomic E-state index is -0.285. The molecule has 1 aliphatic rings. The van der Waals surface area contributed by atoms with Crippen LogP contribution in [-0.4, -0.2) is 38.4 Å². The molecule has 2 aromatic carbocycles. The van der Waals surface area contributed by atoms with Gasteiger partial charge in [0, 0.05) is 18.5 Å². The Balaban J connectivity index is 1.50. The summed E-state index contributed by atoms with van der Waals surface area (Å²) in [6, 6.07) is 13.1. The fraction of sp³-hybridized carbons (Fsp3) is 0.400. The third kappa shape index (κ3) is 3.63. The Morgan fingerprint density at radius 1 is 1.15 bits per heavy atom. The van der Waals surface area contributed by atoms with Crippen molar-refractivity contribution >= 4 is 22.8 Å². The van der Waals surface area contributed by atoms with Crippen LogP contribution >= 0.6 is 11.7 Å². The number of aliphatic hydroxyl groups is 1. The summed E-state index contributed by atoms with van der Waals surface area (Å²) in [6.45, 7) is 2.65. The summed E-state index contributed by atoms with van der Waals surface area (Å²) >= 11 is 1.23. The number of aliphatic hydroxyl groups excluding tert-OH is 1. The zero-order valence-corrected chi connectivity index (χ0v) is 15.4. The summed E-state index contributed by atoms with van der Waals surface area (Å²) in [5.41, 5.74) is 3.47. The van der Waals surface area contributed by atoms with E-state index in [9.17, 15) is 9.50 Å². The molecule has 1 fully saturated rings. The molecule has 136 valence electrons. The van der Waals surface area contributed by atoms with Crippen LogP contribution in [0.4, 0.5) is 4.39 Å². The van der Waals surface area contributed by atoms with Gasteiger partial charge in [0.2, 0.25) is 0 Å². The first-order valence-electron chi connectivity index (χ1n) is 8.95. The minimum Gasteiger partial charge on any atom is -0.396 e. The number of hydrogen-bond donors (Lipinski definition) is 1. The van der Waals surface area contributed by atoms with Crippen LogP contribution < -0.4 is 0 Å². The van der Waals surface area contributed by atoms with Crippen LogP contribution in [0.5, 0.6) is 0 Å². The topological polar surface area (TPSA) is 49.2 Å². The van der Waals surface area contributed by atoms with Crippen molar-refractivity contribution in [3.63, 3.8) is 0 Å². The minimum absolute atomic E-state index is 0.0763. The summed E-state index contributed by atoms with van der Waals surface area (Å²) in [5.74, 6) is -0.182. The second kappa shape index (κ2) is 7.39. The number of likely N-dealkylation sites (tertiary alicyclic amines) is 1. The Morgan fingerprint density at radius 3 is 2.85 bits per heavy atom. The van der Waals surface area contributed by atoms with Gasteiger partial charge < -0.3 is 5.11 Å². The van der Waals surface area contributed by atoms with Crippen molar-refractivity contribution in [2.45, 2.75) is 25.8 Å². The first kappa shape index (κ1) is 17.5. The van der Waals surface area contributed by atoms with Crippen LogP contribution in [0.2, 0.25) is 0 Å². The molecule has 1 aliphatic heterocycles. The van der Waals surface area contributed by atoms with Gasteiger partial charge in [-0.25, -0.2) is 4.39 Å². The molecule has 26 heavy (non-hydrogen) atoms. The lowest BCUT2D eigenvalue weighted by Gasteiger charge is -2.42. The molecule has 0 radical (unpaired) electrons. The molecule has 0 bridgehead atoms. The summed E-state index contributed by atoms with van der Waals surface area (Å²) in [7, 11) is 0. The van der Waals surface area contributed by atoms with E-state index in [0.29, 0.717) is 12.0 Å². The Hall–Kier alpha value is -1.89. The number of halogens is 1. The molecular weight excluding hydrogens is 349 g/mol. The number of nitrogens with zero attached hydrogens (tertiary/aromatic N) is 3. The summed E-state index contributed by atoms with van der Waals surface area (Å²) in [4.78, 5) is 2.36. The molecule has 6 heteroatoms.